The van der Waals surface area contributed by atoms with E-state index in [2.05, 4.69) is 15.9 Å². The summed E-state index contributed by atoms with van der Waals surface area (Å²) in [4.78, 5) is 28.3. The van der Waals surface area contributed by atoms with Crippen LogP contribution in [0.4, 0.5) is 0 Å². The van der Waals surface area contributed by atoms with Crippen LogP contribution in [0.1, 0.15) is 34.1 Å². The molecule has 1 amide bonds. The van der Waals surface area contributed by atoms with Gasteiger partial charge in [0.1, 0.15) is 5.58 Å². The van der Waals surface area contributed by atoms with E-state index in [9.17, 15) is 18.0 Å². The Labute approximate surface area is 185 Å². The number of carbonyl (C=O) groups excluding carboxylic acids is 1. The Hall–Kier alpha value is -2.16. The van der Waals surface area contributed by atoms with Crippen molar-refractivity contribution in [3.8, 4) is 0 Å². The van der Waals surface area contributed by atoms with Crippen LogP contribution in [0, 0.1) is 0 Å². The maximum atomic E-state index is 13.4. The molecule has 0 N–H and O–H groups in total. The van der Waals surface area contributed by atoms with Gasteiger partial charge in [-0.15, -0.1) is 0 Å². The number of benzene rings is 2. The van der Waals surface area contributed by atoms with Crippen molar-refractivity contribution < 1.29 is 17.6 Å². The minimum atomic E-state index is -3.24. The molecule has 0 bridgehead atoms. The van der Waals surface area contributed by atoms with Gasteiger partial charge < -0.3 is 9.32 Å². The van der Waals surface area contributed by atoms with Gasteiger partial charge >= 0.3 is 0 Å². The minimum absolute atomic E-state index is 0.0177. The predicted molar refractivity (Wildman–Crippen MR) is 117 cm³/mol. The number of hydrogen-bond acceptors (Lipinski definition) is 5. The minimum Gasteiger partial charge on any atom is -0.450 e. The summed E-state index contributed by atoms with van der Waals surface area (Å²) in [6.45, 7) is 0. The zero-order chi connectivity index (χ0) is 21.2. The van der Waals surface area contributed by atoms with Gasteiger partial charge in [0.2, 0.25) is 5.76 Å². The molecule has 0 unspecified atom stereocenters. The molecule has 3 heterocycles. The van der Waals surface area contributed by atoms with Crippen LogP contribution in [0.25, 0.3) is 11.0 Å². The standard InChI is InChI=1S/C21H15BrClNO5S/c22-12-3-1-11(2-4-12)18-17-19(25)15-9-13(23)5-6-16(15)29-20(17)21(26)24(18)14-7-8-30(27,28)10-14/h1-6,9,14,18H,7-8,10H2/t14-,18+/m0/s1. The first-order valence-corrected chi connectivity index (χ1v) is 12.3. The topological polar surface area (TPSA) is 84.7 Å². The number of sulfone groups is 1. The molecule has 0 spiro atoms. The van der Waals surface area contributed by atoms with Crippen molar-refractivity contribution in [1.29, 1.82) is 0 Å². The lowest BCUT2D eigenvalue weighted by Gasteiger charge is -2.30. The van der Waals surface area contributed by atoms with E-state index in [4.69, 9.17) is 16.0 Å². The van der Waals surface area contributed by atoms with Crippen LogP contribution in [-0.4, -0.2) is 36.8 Å². The monoisotopic (exact) mass is 507 g/mol. The van der Waals surface area contributed by atoms with Gasteiger partial charge in [-0.3, -0.25) is 9.59 Å². The highest BCUT2D eigenvalue weighted by molar-refractivity contribution is 9.10. The Balaban J connectivity index is 1.77. The highest BCUT2D eigenvalue weighted by atomic mass is 79.9. The number of halogens is 2. The van der Waals surface area contributed by atoms with Gasteiger partial charge in [-0.2, -0.15) is 0 Å². The summed E-state index contributed by atoms with van der Waals surface area (Å²) in [6, 6.07) is 10.7. The van der Waals surface area contributed by atoms with E-state index in [1.165, 1.54) is 11.0 Å². The van der Waals surface area contributed by atoms with Gasteiger partial charge in [0, 0.05) is 15.5 Å². The van der Waals surface area contributed by atoms with E-state index in [0.717, 1.165) is 4.47 Å². The number of amides is 1. The fourth-order valence-corrected chi connectivity index (χ4v) is 6.45. The third-order valence-electron chi connectivity index (χ3n) is 5.66. The summed E-state index contributed by atoms with van der Waals surface area (Å²) in [5.41, 5.74) is 0.870. The lowest BCUT2D eigenvalue weighted by atomic mass is 9.97. The molecule has 9 heteroatoms. The molecule has 2 aromatic carbocycles. The molecule has 3 aromatic rings. The fourth-order valence-electron chi connectivity index (χ4n) is 4.31. The molecule has 1 aromatic heterocycles. The van der Waals surface area contributed by atoms with Crippen molar-refractivity contribution in [2.24, 2.45) is 0 Å². The van der Waals surface area contributed by atoms with E-state index in [-0.39, 0.29) is 39.2 Å². The molecule has 5 rings (SSSR count). The fraction of sp³-hybridized carbons (Fsp3) is 0.238. The second kappa shape index (κ2) is 6.93. The van der Waals surface area contributed by atoms with E-state index in [1.54, 1.807) is 12.1 Å². The van der Waals surface area contributed by atoms with Crippen LogP contribution < -0.4 is 5.43 Å². The van der Waals surface area contributed by atoms with Crippen molar-refractivity contribution in [2.75, 3.05) is 11.5 Å². The molecule has 0 aliphatic carbocycles. The molecule has 154 valence electrons. The molecule has 0 saturated carbocycles. The maximum Gasteiger partial charge on any atom is 0.291 e. The number of rotatable bonds is 2. The Kier molecular flexibility index (Phi) is 4.57. The lowest BCUT2D eigenvalue weighted by molar-refractivity contribution is 0.0662. The summed E-state index contributed by atoms with van der Waals surface area (Å²) in [5.74, 6) is -0.607. The predicted octanol–water partition coefficient (Wildman–Crippen LogP) is 3.94. The third-order valence-corrected chi connectivity index (χ3v) is 8.17. The van der Waals surface area contributed by atoms with Crippen molar-refractivity contribution in [3.63, 3.8) is 0 Å². The molecule has 2 atom stereocenters. The summed E-state index contributed by atoms with van der Waals surface area (Å²) in [7, 11) is -3.24. The SMILES string of the molecule is O=C1c2oc3ccc(Cl)cc3c(=O)c2[C@@H](c2ccc(Br)cc2)N1[C@H]1CCS(=O)(=O)C1. The molecule has 0 radical (unpaired) electrons. The molecular weight excluding hydrogens is 494 g/mol. The first-order valence-electron chi connectivity index (χ1n) is 9.30. The Bertz CT molecular complexity index is 1370. The van der Waals surface area contributed by atoms with Crippen LogP contribution in [0.5, 0.6) is 0 Å². The summed E-state index contributed by atoms with van der Waals surface area (Å²) in [6.07, 6.45) is 0.328. The number of nitrogens with zero attached hydrogens (tertiary/aromatic N) is 1. The summed E-state index contributed by atoms with van der Waals surface area (Å²) >= 11 is 9.47. The van der Waals surface area contributed by atoms with E-state index < -0.39 is 27.8 Å². The van der Waals surface area contributed by atoms with Gasteiger partial charge in [-0.1, -0.05) is 39.7 Å². The van der Waals surface area contributed by atoms with Crippen LogP contribution in [0.2, 0.25) is 5.02 Å². The lowest BCUT2D eigenvalue weighted by Crippen LogP contribution is -2.40. The van der Waals surface area contributed by atoms with Crippen LogP contribution in [0.15, 0.2) is 56.1 Å². The molecular formula is C21H15BrClNO5S. The highest BCUT2D eigenvalue weighted by Crippen LogP contribution is 2.41. The largest absolute Gasteiger partial charge is 0.450 e. The third kappa shape index (κ3) is 3.09. The normalized spacial score (nSPS) is 22.6. The maximum absolute atomic E-state index is 13.4. The van der Waals surface area contributed by atoms with Gasteiger partial charge in [0.05, 0.1) is 28.5 Å². The first-order chi connectivity index (χ1) is 14.2. The number of carbonyl (C=O) groups is 1. The second-order valence-corrected chi connectivity index (χ2v) is 11.1. The number of fused-ring (bicyclic) bond motifs is 2. The molecule has 6 nitrogen and oxygen atoms in total. The van der Waals surface area contributed by atoms with Crippen LogP contribution in [-0.2, 0) is 9.84 Å². The smallest absolute Gasteiger partial charge is 0.291 e. The van der Waals surface area contributed by atoms with Crippen LogP contribution in [0.3, 0.4) is 0 Å². The van der Waals surface area contributed by atoms with Gasteiger partial charge in [-0.25, -0.2) is 8.42 Å². The zero-order valence-electron chi connectivity index (χ0n) is 15.5. The van der Waals surface area contributed by atoms with Crippen molar-refractivity contribution in [3.05, 3.63) is 79.1 Å². The van der Waals surface area contributed by atoms with Crippen molar-refractivity contribution in [1.82, 2.24) is 4.90 Å². The summed E-state index contributed by atoms with van der Waals surface area (Å²) in [5, 5.41) is 0.676. The Morgan fingerprint density at radius 3 is 2.50 bits per heavy atom. The molecule has 2 aliphatic heterocycles. The molecule has 30 heavy (non-hydrogen) atoms. The summed E-state index contributed by atoms with van der Waals surface area (Å²) < 4.78 is 30.9. The van der Waals surface area contributed by atoms with Gasteiger partial charge in [0.25, 0.3) is 5.91 Å². The average molecular weight is 509 g/mol. The van der Waals surface area contributed by atoms with Crippen molar-refractivity contribution in [2.45, 2.75) is 18.5 Å². The molecule has 2 aliphatic rings. The quantitative estimate of drug-likeness (QED) is 0.523. The van der Waals surface area contributed by atoms with E-state index >= 15 is 0 Å². The van der Waals surface area contributed by atoms with E-state index in [1.807, 2.05) is 24.3 Å². The van der Waals surface area contributed by atoms with Crippen molar-refractivity contribution >= 4 is 54.2 Å². The van der Waals surface area contributed by atoms with Gasteiger partial charge in [-0.05, 0) is 42.3 Å². The zero-order valence-corrected chi connectivity index (χ0v) is 18.6. The Morgan fingerprint density at radius 1 is 1.10 bits per heavy atom. The highest BCUT2D eigenvalue weighted by Gasteiger charge is 2.48. The second-order valence-electron chi connectivity index (χ2n) is 7.54. The molecule has 1 saturated heterocycles. The van der Waals surface area contributed by atoms with E-state index in [0.29, 0.717) is 17.0 Å². The number of hydrogen-bond donors (Lipinski definition) is 0. The van der Waals surface area contributed by atoms with Crippen LogP contribution >= 0.6 is 27.5 Å². The Morgan fingerprint density at radius 2 is 1.83 bits per heavy atom. The molecule has 1 fully saturated rings. The first kappa shape index (κ1) is 19.8. The van der Waals surface area contributed by atoms with Gasteiger partial charge in [0.15, 0.2) is 15.3 Å². The average Bonchev–Trinajstić information content (AvgIpc) is 3.20.